The van der Waals surface area contributed by atoms with E-state index >= 15 is 0 Å². The largest absolute Gasteiger partial charge is 0.478 e. The molecule has 0 aliphatic rings. The summed E-state index contributed by atoms with van der Waals surface area (Å²) in [4.78, 5) is 15.0. The number of fused-ring (bicyclic) bond motifs is 1. The lowest BCUT2D eigenvalue weighted by atomic mass is 10.2. The third kappa shape index (κ3) is 1.29. The second kappa shape index (κ2) is 3.09. The van der Waals surface area contributed by atoms with E-state index < -0.39 is 5.97 Å². The van der Waals surface area contributed by atoms with Crippen molar-refractivity contribution in [1.29, 1.82) is 0 Å². The molecular weight excluding hydrogens is 248 g/mol. The van der Waals surface area contributed by atoms with Gasteiger partial charge in [0.15, 0.2) is 0 Å². The van der Waals surface area contributed by atoms with Crippen molar-refractivity contribution in [3.63, 3.8) is 0 Å². The second-order valence-electron chi connectivity index (χ2n) is 2.98. The monoisotopic (exact) mass is 254 g/mol. The van der Waals surface area contributed by atoms with Crippen molar-refractivity contribution in [2.45, 2.75) is 6.92 Å². The predicted octanol–water partition coefficient (Wildman–Crippen LogP) is 2.10. The Morgan fingerprint density at radius 3 is 2.93 bits per heavy atom. The van der Waals surface area contributed by atoms with E-state index in [1.807, 2.05) is 0 Å². The number of aromatic carboxylic acids is 1. The van der Waals surface area contributed by atoms with Gasteiger partial charge in [-0.2, -0.15) is 0 Å². The van der Waals surface area contributed by atoms with Crippen LogP contribution in [-0.4, -0.2) is 20.5 Å². The molecule has 2 rings (SSSR count). The number of halogens is 1. The topological polar surface area (TPSA) is 54.6 Å². The summed E-state index contributed by atoms with van der Waals surface area (Å²) >= 11 is 3.27. The Balaban J connectivity index is 2.79. The number of nitrogens with zero attached hydrogens (tertiary/aromatic N) is 2. The second-order valence-corrected chi connectivity index (χ2v) is 3.89. The summed E-state index contributed by atoms with van der Waals surface area (Å²) in [6.45, 7) is 1.75. The van der Waals surface area contributed by atoms with Gasteiger partial charge in [-0.05, 0) is 22.9 Å². The van der Waals surface area contributed by atoms with E-state index in [-0.39, 0.29) is 5.56 Å². The summed E-state index contributed by atoms with van der Waals surface area (Å²) in [5, 5.41) is 8.88. The van der Waals surface area contributed by atoms with Crippen LogP contribution in [0.1, 0.15) is 15.9 Å². The van der Waals surface area contributed by atoms with Crippen molar-refractivity contribution in [1.82, 2.24) is 9.38 Å². The lowest BCUT2D eigenvalue weighted by Crippen LogP contribution is -1.95. The summed E-state index contributed by atoms with van der Waals surface area (Å²) in [6.07, 6.45) is 4.99. The van der Waals surface area contributed by atoms with Gasteiger partial charge in [-0.25, -0.2) is 9.78 Å². The highest BCUT2D eigenvalue weighted by Crippen LogP contribution is 2.17. The Hall–Kier alpha value is -1.36. The summed E-state index contributed by atoms with van der Waals surface area (Å²) in [5.74, 6) is -0.927. The van der Waals surface area contributed by atoms with Gasteiger partial charge in [0.2, 0.25) is 0 Å². The average Bonchev–Trinajstić information content (AvgIpc) is 2.43. The standard InChI is InChI=1S/C9H7BrN2O2/c1-5-7(9(13)14)4-12-3-6(10)2-11-8(5)12/h2-4H,1H3,(H,13,14). The first kappa shape index (κ1) is 9.21. The van der Waals surface area contributed by atoms with E-state index in [1.165, 1.54) is 0 Å². The highest BCUT2D eigenvalue weighted by Gasteiger charge is 2.13. The van der Waals surface area contributed by atoms with E-state index in [1.54, 1.807) is 29.9 Å². The minimum absolute atomic E-state index is 0.288. The van der Waals surface area contributed by atoms with Crippen molar-refractivity contribution in [3.8, 4) is 0 Å². The SMILES string of the molecule is Cc1c(C(=O)O)cn2cc(Br)cnc12. The van der Waals surface area contributed by atoms with Gasteiger partial charge in [0.05, 0.1) is 10.0 Å². The summed E-state index contributed by atoms with van der Waals surface area (Å²) in [6, 6.07) is 0. The van der Waals surface area contributed by atoms with Gasteiger partial charge < -0.3 is 9.51 Å². The Morgan fingerprint density at radius 1 is 1.57 bits per heavy atom. The number of aryl methyl sites for hydroxylation is 1. The maximum atomic E-state index is 10.8. The Bertz CT molecular complexity index is 519. The Morgan fingerprint density at radius 2 is 2.29 bits per heavy atom. The number of rotatable bonds is 1. The molecule has 0 atom stereocenters. The highest BCUT2D eigenvalue weighted by atomic mass is 79.9. The number of aromatic nitrogens is 2. The van der Waals surface area contributed by atoms with Gasteiger partial charge in [-0.15, -0.1) is 0 Å². The minimum Gasteiger partial charge on any atom is -0.478 e. The molecule has 0 fully saturated rings. The quantitative estimate of drug-likeness (QED) is 0.848. The van der Waals surface area contributed by atoms with Crippen LogP contribution in [0.5, 0.6) is 0 Å². The van der Waals surface area contributed by atoms with Gasteiger partial charge in [-0.3, -0.25) is 0 Å². The fourth-order valence-electron chi connectivity index (χ4n) is 1.38. The van der Waals surface area contributed by atoms with Crippen LogP contribution in [-0.2, 0) is 0 Å². The maximum Gasteiger partial charge on any atom is 0.337 e. The first-order valence-corrected chi connectivity index (χ1v) is 4.75. The van der Waals surface area contributed by atoms with Crippen LogP contribution in [0, 0.1) is 6.92 Å². The molecule has 0 saturated heterocycles. The molecule has 0 unspecified atom stereocenters. The Labute approximate surface area is 88.3 Å². The minimum atomic E-state index is -0.927. The zero-order chi connectivity index (χ0) is 10.3. The van der Waals surface area contributed by atoms with E-state index in [2.05, 4.69) is 20.9 Å². The normalized spacial score (nSPS) is 10.7. The van der Waals surface area contributed by atoms with Crippen LogP contribution in [0.15, 0.2) is 23.1 Å². The molecule has 0 aliphatic heterocycles. The molecule has 0 aliphatic carbocycles. The molecule has 4 nitrogen and oxygen atoms in total. The zero-order valence-corrected chi connectivity index (χ0v) is 8.95. The maximum absolute atomic E-state index is 10.8. The van der Waals surface area contributed by atoms with Crippen molar-refractivity contribution in [2.24, 2.45) is 0 Å². The molecule has 0 radical (unpaired) electrons. The molecule has 5 heteroatoms. The van der Waals surface area contributed by atoms with Gasteiger partial charge in [0.1, 0.15) is 5.65 Å². The number of hydrogen-bond donors (Lipinski definition) is 1. The van der Waals surface area contributed by atoms with Crippen LogP contribution in [0.3, 0.4) is 0 Å². The lowest BCUT2D eigenvalue weighted by Gasteiger charge is -1.94. The smallest absolute Gasteiger partial charge is 0.337 e. The predicted molar refractivity (Wildman–Crippen MR) is 54.6 cm³/mol. The van der Waals surface area contributed by atoms with Gasteiger partial charge in [0.25, 0.3) is 0 Å². The Kier molecular flexibility index (Phi) is 2.03. The number of carboxylic acid groups (broad SMARTS) is 1. The van der Waals surface area contributed by atoms with E-state index in [4.69, 9.17) is 5.11 Å². The van der Waals surface area contributed by atoms with Gasteiger partial charge in [-0.1, -0.05) is 0 Å². The third-order valence-electron chi connectivity index (χ3n) is 2.06. The van der Waals surface area contributed by atoms with E-state index in [0.29, 0.717) is 11.2 Å². The molecular formula is C9H7BrN2O2. The van der Waals surface area contributed by atoms with Crippen molar-refractivity contribution in [3.05, 3.63) is 34.2 Å². The molecule has 0 amide bonds. The third-order valence-corrected chi connectivity index (χ3v) is 2.46. The van der Waals surface area contributed by atoms with Crippen LogP contribution in [0.4, 0.5) is 0 Å². The summed E-state index contributed by atoms with van der Waals surface area (Å²) in [7, 11) is 0. The van der Waals surface area contributed by atoms with Crippen LogP contribution >= 0.6 is 15.9 Å². The van der Waals surface area contributed by atoms with E-state index in [9.17, 15) is 4.79 Å². The first-order valence-electron chi connectivity index (χ1n) is 3.95. The molecule has 2 aromatic heterocycles. The average molecular weight is 255 g/mol. The van der Waals surface area contributed by atoms with Crippen LogP contribution < -0.4 is 0 Å². The molecule has 0 saturated carbocycles. The number of carboxylic acids is 1. The zero-order valence-electron chi connectivity index (χ0n) is 7.36. The van der Waals surface area contributed by atoms with Crippen molar-refractivity contribution < 1.29 is 9.90 Å². The van der Waals surface area contributed by atoms with Gasteiger partial charge in [0, 0.05) is 24.2 Å². The molecule has 1 N–H and O–H groups in total. The molecule has 14 heavy (non-hydrogen) atoms. The molecule has 0 aromatic carbocycles. The molecule has 72 valence electrons. The summed E-state index contributed by atoms with van der Waals surface area (Å²) < 4.78 is 2.51. The summed E-state index contributed by atoms with van der Waals surface area (Å²) in [5.41, 5.74) is 1.64. The van der Waals surface area contributed by atoms with Crippen molar-refractivity contribution in [2.75, 3.05) is 0 Å². The highest BCUT2D eigenvalue weighted by molar-refractivity contribution is 9.10. The molecule has 2 heterocycles. The molecule has 2 aromatic rings. The fourth-order valence-corrected chi connectivity index (χ4v) is 1.70. The van der Waals surface area contributed by atoms with Gasteiger partial charge >= 0.3 is 5.97 Å². The fraction of sp³-hybridized carbons (Fsp3) is 0.111. The number of carbonyl (C=O) groups is 1. The molecule has 0 bridgehead atoms. The van der Waals surface area contributed by atoms with E-state index in [0.717, 1.165) is 4.47 Å². The first-order chi connectivity index (χ1) is 6.59. The van der Waals surface area contributed by atoms with Crippen LogP contribution in [0.25, 0.3) is 5.65 Å². The van der Waals surface area contributed by atoms with Crippen LogP contribution in [0.2, 0.25) is 0 Å². The van der Waals surface area contributed by atoms with Crippen molar-refractivity contribution >= 4 is 27.5 Å². The number of hydrogen-bond acceptors (Lipinski definition) is 2. The lowest BCUT2D eigenvalue weighted by molar-refractivity contribution is 0.0696. The molecule has 0 spiro atoms.